The summed E-state index contributed by atoms with van der Waals surface area (Å²) in [5, 5.41) is 2.45. The standard InChI is InChI=1S/C19H17ClF3N3O3S2/c20-15-4-3-13(19(21,22)23)10-17(15)31(27,28)26-7-5-25(6-8-26)11-14-12-30-18(24-14)16-2-1-9-29-16/h1-4,9-10,12H,5-8,11H2. The molecule has 0 amide bonds. The van der Waals surface area contributed by atoms with E-state index in [9.17, 15) is 21.6 Å². The normalized spacial score (nSPS) is 16.6. The summed E-state index contributed by atoms with van der Waals surface area (Å²) in [6, 6.07) is 5.93. The maximum atomic E-state index is 13.0. The van der Waals surface area contributed by atoms with Gasteiger partial charge in [0, 0.05) is 38.1 Å². The van der Waals surface area contributed by atoms with Crippen LogP contribution in [0.15, 0.2) is 51.3 Å². The highest BCUT2D eigenvalue weighted by Gasteiger charge is 2.35. The lowest BCUT2D eigenvalue weighted by Crippen LogP contribution is -2.48. The summed E-state index contributed by atoms with van der Waals surface area (Å²) < 4.78 is 71.4. The molecule has 166 valence electrons. The third kappa shape index (κ3) is 4.80. The number of nitrogens with zero attached hydrogens (tertiary/aromatic N) is 3. The molecule has 1 aromatic carbocycles. The first-order chi connectivity index (χ1) is 14.6. The number of hydrogen-bond donors (Lipinski definition) is 0. The van der Waals surface area contributed by atoms with Gasteiger partial charge in [-0.05, 0) is 30.3 Å². The minimum atomic E-state index is -4.66. The first-order valence-corrected chi connectivity index (χ1v) is 11.9. The summed E-state index contributed by atoms with van der Waals surface area (Å²) in [7, 11) is -4.15. The van der Waals surface area contributed by atoms with Gasteiger partial charge in [0.15, 0.2) is 10.8 Å². The fraction of sp³-hybridized carbons (Fsp3) is 0.316. The molecule has 0 N–H and O–H groups in total. The van der Waals surface area contributed by atoms with Crippen LogP contribution < -0.4 is 0 Å². The number of thiazole rings is 1. The molecular formula is C19H17ClF3N3O3S2. The molecule has 31 heavy (non-hydrogen) atoms. The van der Waals surface area contributed by atoms with Crippen molar-refractivity contribution in [1.29, 1.82) is 0 Å². The van der Waals surface area contributed by atoms with Gasteiger partial charge >= 0.3 is 6.18 Å². The number of rotatable bonds is 5. The van der Waals surface area contributed by atoms with Crippen LogP contribution in [0.4, 0.5) is 13.2 Å². The zero-order valence-corrected chi connectivity index (χ0v) is 18.4. The SMILES string of the molecule is O=S(=O)(c1cc(C(F)(F)F)ccc1Cl)N1CCN(Cc2csc(-c3ccco3)n2)CC1. The maximum absolute atomic E-state index is 13.0. The Morgan fingerprint density at radius 2 is 1.90 bits per heavy atom. The first kappa shape index (κ1) is 22.3. The Kier molecular flexibility index (Phi) is 6.14. The van der Waals surface area contributed by atoms with Gasteiger partial charge in [0.1, 0.15) is 4.90 Å². The number of alkyl halides is 3. The molecule has 1 fully saturated rings. The zero-order chi connectivity index (χ0) is 22.2. The zero-order valence-electron chi connectivity index (χ0n) is 16.0. The summed E-state index contributed by atoms with van der Waals surface area (Å²) >= 11 is 7.39. The molecule has 3 aromatic rings. The molecule has 0 aliphatic carbocycles. The molecule has 2 aromatic heterocycles. The van der Waals surface area contributed by atoms with Crippen LogP contribution >= 0.6 is 22.9 Å². The van der Waals surface area contributed by atoms with Crippen molar-refractivity contribution in [3.05, 3.63) is 58.3 Å². The molecule has 0 saturated carbocycles. The number of piperazine rings is 1. The lowest BCUT2D eigenvalue weighted by atomic mass is 10.2. The minimum absolute atomic E-state index is 0.143. The molecule has 0 bridgehead atoms. The smallest absolute Gasteiger partial charge is 0.416 e. The molecule has 0 spiro atoms. The van der Waals surface area contributed by atoms with Gasteiger partial charge in [-0.2, -0.15) is 17.5 Å². The number of aromatic nitrogens is 1. The van der Waals surface area contributed by atoms with E-state index in [1.165, 1.54) is 15.6 Å². The highest BCUT2D eigenvalue weighted by atomic mass is 35.5. The van der Waals surface area contributed by atoms with Crippen LogP contribution in [0.5, 0.6) is 0 Å². The van der Waals surface area contributed by atoms with E-state index < -0.39 is 26.7 Å². The Hall–Kier alpha value is -1.92. The summed E-state index contributed by atoms with van der Waals surface area (Å²) in [4.78, 5) is 6.05. The Morgan fingerprint density at radius 1 is 1.16 bits per heavy atom. The number of sulfonamides is 1. The van der Waals surface area contributed by atoms with Crippen LogP contribution in [-0.2, 0) is 22.7 Å². The topological polar surface area (TPSA) is 66.7 Å². The molecule has 4 rings (SSSR count). The highest BCUT2D eigenvalue weighted by Crippen LogP contribution is 2.34. The average Bonchev–Trinajstić information content (AvgIpc) is 3.39. The lowest BCUT2D eigenvalue weighted by Gasteiger charge is -2.33. The Balaban J connectivity index is 1.43. The van der Waals surface area contributed by atoms with E-state index >= 15 is 0 Å². The second-order valence-corrected chi connectivity index (χ2v) is 10.1. The Labute approximate surface area is 185 Å². The molecule has 6 nitrogen and oxygen atoms in total. The van der Waals surface area contributed by atoms with Gasteiger partial charge in [-0.3, -0.25) is 4.90 Å². The van der Waals surface area contributed by atoms with Crippen molar-refractivity contribution in [3.63, 3.8) is 0 Å². The summed E-state index contributed by atoms with van der Waals surface area (Å²) in [5.74, 6) is 0.685. The van der Waals surface area contributed by atoms with Crippen molar-refractivity contribution >= 4 is 33.0 Å². The lowest BCUT2D eigenvalue weighted by molar-refractivity contribution is -0.137. The van der Waals surface area contributed by atoms with E-state index in [1.54, 1.807) is 12.3 Å². The van der Waals surface area contributed by atoms with Gasteiger partial charge in [-0.1, -0.05) is 11.6 Å². The fourth-order valence-corrected chi connectivity index (χ4v) is 5.97. The molecule has 1 saturated heterocycles. The molecule has 0 radical (unpaired) electrons. The molecule has 12 heteroatoms. The van der Waals surface area contributed by atoms with Crippen molar-refractivity contribution in [2.24, 2.45) is 0 Å². The quantitative estimate of drug-likeness (QED) is 0.522. The van der Waals surface area contributed by atoms with Crippen molar-refractivity contribution in [2.45, 2.75) is 17.6 Å². The van der Waals surface area contributed by atoms with Crippen LogP contribution in [0.25, 0.3) is 10.8 Å². The number of furan rings is 1. The van der Waals surface area contributed by atoms with E-state index in [0.29, 0.717) is 31.5 Å². The van der Waals surface area contributed by atoms with E-state index in [1.807, 2.05) is 16.3 Å². The number of halogens is 4. The van der Waals surface area contributed by atoms with Gasteiger partial charge in [-0.25, -0.2) is 13.4 Å². The van der Waals surface area contributed by atoms with Gasteiger partial charge in [0.2, 0.25) is 10.0 Å². The number of hydrogen-bond acceptors (Lipinski definition) is 6. The summed E-state index contributed by atoms with van der Waals surface area (Å²) in [6.07, 6.45) is -3.08. The predicted molar refractivity (Wildman–Crippen MR) is 110 cm³/mol. The summed E-state index contributed by atoms with van der Waals surface area (Å²) in [6.45, 7) is 1.66. The third-order valence-electron chi connectivity index (χ3n) is 4.88. The molecular weight excluding hydrogens is 475 g/mol. The van der Waals surface area contributed by atoms with Gasteiger partial charge in [0.05, 0.1) is 22.5 Å². The second-order valence-electron chi connectivity index (χ2n) is 6.94. The van der Waals surface area contributed by atoms with Crippen LogP contribution in [-0.4, -0.2) is 48.8 Å². The monoisotopic (exact) mass is 491 g/mol. The minimum Gasteiger partial charge on any atom is -0.462 e. The van der Waals surface area contributed by atoms with Gasteiger partial charge in [0.25, 0.3) is 0 Å². The van der Waals surface area contributed by atoms with Crippen molar-refractivity contribution in [2.75, 3.05) is 26.2 Å². The number of benzene rings is 1. The van der Waals surface area contributed by atoms with Crippen LogP contribution in [0.1, 0.15) is 11.3 Å². The third-order valence-corrected chi connectivity index (χ3v) is 8.16. The fourth-order valence-electron chi connectivity index (χ4n) is 3.27. The second kappa shape index (κ2) is 8.55. The van der Waals surface area contributed by atoms with Crippen LogP contribution in [0, 0.1) is 0 Å². The molecule has 1 aliphatic rings. The Morgan fingerprint density at radius 3 is 2.55 bits per heavy atom. The maximum Gasteiger partial charge on any atom is 0.416 e. The van der Waals surface area contributed by atoms with Gasteiger partial charge in [-0.15, -0.1) is 11.3 Å². The van der Waals surface area contributed by atoms with Crippen molar-refractivity contribution in [1.82, 2.24) is 14.2 Å². The first-order valence-electron chi connectivity index (χ1n) is 9.22. The highest BCUT2D eigenvalue weighted by molar-refractivity contribution is 7.89. The van der Waals surface area contributed by atoms with E-state index in [-0.39, 0.29) is 18.1 Å². The van der Waals surface area contributed by atoms with Crippen LogP contribution in [0.2, 0.25) is 5.02 Å². The van der Waals surface area contributed by atoms with E-state index in [2.05, 4.69) is 4.98 Å². The average molecular weight is 492 g/mol. The predicted octanol–water partition coefficient (Wildman–Crippen LogP) is 4.58. The largest absolute Gasteiger partial charge is 0.462 e. The Bertz CT molecular complexity index is 1160. The van der Waals surface area contributed by atoms with Crippen molar-refractivity contribution < 1.29 is 26.0 Å². The molecule has 1 aliphatic heterocycles. The van der Waals surface area contributed by atoms with Crippen molar-refractivity contribution in [3.8, 4) is 10.8 Å². The van der Waals surface area contributed by atoms with Gasteiger partial charge < -0.3 is 4.42 Å². The summed E-state index contributed by atoms with van der Waals surface area (Å²) in [5.41, 5.74) is -0.210. The molecule has 0 atom stereocenters. The van der Waals surface area contributed by atoms with E-state index in [4.69, 9.17) is 16.0 Å². The molecule has 0 unspecified atom stereocenters. The van der Waals surface area contributed by atoms with E-state index in [0.717, 1.165) is 22.8 Å². The molecule has 3 heterocycles. The van der Waals surface area contributed by atoms with Crippen LogP contribution in [0.3, 0.4) is 0 Å².